The lowest BCUT2D eigenvalue weighted by molar-refractivity contribution is -0.140. The summed E-state index contributed by atoms with van der Waals surface area (Å²) in [5, 5.41) is 11.1. The third kappa shape index (κ3) is 2.40. The number of amides is 3. The van der Waals surface area contributed by atoms with Crippen LogP contribution in [0, 0.1) is 0 Å². The minimum Gasteiger partial charge on any atom is -0.481 e. The molecule has 6 heteroatoms. The molecule has 0 aromatic heterocycles. The molecule has 2 N–H and O–H groups in total. The Morgan fingerprint density at radius 1 is 1.29 bits per heavy atom. The number of nitrogens with one attached hydrogen (secondary N) is 1. The fourth-order valence-electron chi connectivity index (χ4n) is 2.55. The lowest BCUT2D eigenvalue weighted by atomic mass is 9.94. The van der Waals surface area contributed by atoms with E-state index in [-0.39, 0.29) is 18.4 Å². The molecule has 1 saturated carbocycles. The molecule has 0 radical (unpaired) electrons. The van der Waals surface area contributed by atoms with Crippen molar-refractivity contribution in [1.82, 2.24) is 10.2 Å². The highest BCUT2D eigenvalue weighted by Gasteiger charge is 2.42. The Bertz CT molecular complexity index is 349. The predicted octanol–water partition coefficient (Wildman–Crippen LogP) is 0.714. The molecule has 0 unspecified atom stereocenters. The van der Waals surface area contributed by atoms with Crippen LogP contribution in [0.4, 0.5) is 4.79 Å². The fourth-order valence-corrected chi connectivity index (χ4v) is 2.55. The second-order valence-electron chi connectivity index (χ2n) is 4.60. The molecule has 2 fully saturated rings. The molecule has 0 aromatic rings. The first kappa shape index (κ1) is 11.9. The van der Waals surface area contributed by atoms with Crippen LogP contribution < -0.4 is 5.32 Å². The van der Waals surface area contributed by atoms with Gasteiger partial charge in [0.2, 0.25) is 0 Å². The molecule has 2 rings (SSSR count). The topological polar surface area (TPSA) is 86.7 Å². The molecule has 2 aliphatic rings. The van der Waals surface area contributed by atoms with Gasteiger partial charge in [0, 0.05) is 6.04 Å². The smallest absolute Gasteiger partial charge is 0.325 e. The molecular formula is C11H16N2O4. The van der Waals surface area contributed by atoms with Gasteiger partial charge in [0.15, 0.2) is 0 Å². The molecule has 3 amide bonds. The average Bonchev–Trinajstić information content (AvgIpc) is 2.54. The Morgan fingerprint density at radius 2 is 1.94 bits per heavy atom. The maximum Gasteiger partial charge on any atom is 0.325 e. The van der Waals surface area contributed by atoms with Crippen LogP contribution in [-0.2, 0) is 9.59 Å². The minimum atomic E-state index is -1.07. The van der Waals surface area contributed by atoms with Gasteiger partial charge >= 0.3 is 12.0 Å². The van der Waals surface area contributed by atoms with E-state index in [1.165, 1.54) is 4.90 Å². The zero-order chi connectivity index (χ0) is 12.4. The van der Waals surface area contributed by atoms with Gasteiger partial charge in [-0.15, -0.1) is 0 Å². The molecule has 1 aliphatic carbocycles. The molecule has 0 spiro atoms. The third-order valence-electron chi connectivity index (χ3n) is 3.37. The molecule has 1 aliphatic heterocycles. The largest absolute Gasteiger partial charge is 0.481 e. The van der Waals surface area contributed by atoms with Crippen LogP contribution >= 0.6 is 0 Å². The number of hydrogen-bond acceptors (Lipinski definition) is 3. The van der Waals surface area contributed by atoms with Gasteiger partial charge in [0.05, 0.1) is 6.42 Å². The lowest BCUT2D eigenvalue weighted by Gasteiger charge is -2.28. The van der Waals surface area contributed by atoms with Crippen LogP contribution in [0.3, 0.4) is 0 Å². The monoisotopic (exact) mass is 240 g/mol. The number of carboxylic acids is 1. The van der Waals surface area contributed by atoms with Crippen molar-refractivity contribution < 1.29 is 19.5 Å². The van der Waals surface area contributed by atoms with E-state index in [1.807, 2.05) is 0 Å². The van der Waals surface area contributed by atoms with Crippen LogP contribution in [0.25, 0.3) is 0 Å². The summed E-state index contributed by atoms with van der Waals surface area (Å²) >= 11 is 0. The second-order valence-corrected chi connectivity index (χ2v) is 4.60. The first-order valence-corrected chi connectivity index (χ1v) is 5.95. The first-order chi connectivity index (χ1) is 8.09. The zero-order valence-electron chi connectivity index (χ0n) is 9.52. The van der Waals surface area contributed by atoms with Gasteiger partial charge in [-0.3, -0.25) is 14.5 Å². The van der Waals surface area contributed by atoms with Gasteiger partial charge in [0.25, 0.3) is 5.91 Å². The molecule has 1 heterocycles. The van der Waals surface area contributed by atoms with Crippen molar-refractivity contribution in [3.63, 3.8) is 0 Å². The molecule has 1 atom stereocenters. The highest BCUT2D eigenvalue weighted by Crippen LogP contribution is 2.25. The third-order valence-corrected chi connectivity index (χ3v) is 3.37. The molecule has 6 nitrogen and oxygen atoms in total. The van der Waals surface area contributed by atoms with Crippen LogP contribution in [0.2, 0.25) is 0 Å². The highest BCUT2D eigenvalue weighted by molar-refractivity contribution is 6.05. The Hall–Kier alpha value is -1.59. The number of urea groups is 1. The number of carboxylic acid groups (broad SMARTS) is 1. The van der Waals surface area contributed by atoms with Crippen LogP contribution in [0.1, 0.15) is 38.5 Å². The molecule has 17 heavy (non-hydrogen) atoms. The SMILES string of the molecule is O=C(O)C[C@H]1NC(=O)N(C2CCCCC2)C1=O. The van der Waals surface area contributed by atoms with E-state index < -0.39 is 18.0 Å². The number of imide groups is 1. The van der Waals surface area contributed by atoms with E-state index in [0.717, 1.165) is 32.1 Å². The Labute approximate surface area is 99.0 Å². The van der Waals surface area contributed by atoms with Crippen molar-refractivity contribution in [2.45, 2.75) is 50.6 Å². The summed E-state index contributed by atoms with van der Waals surface area (Å²) in [5.74, 6) is -1.46. The summed E-state index contributed by atoms with van der Waals surface area (Å²) in [6, 6.07) is -1.37. The Kier molecular flexibility index (Phi) is 3.31. The van der Waals surface area contributed by atoms with Gasteiger partial charge in [0.1, 0.15) is 6.04 Å². The van der Waals surface area contributed by atoms with E-state index in [0.29, 0.717) is 0 Å². The fraction of sp³-hybridized carbons (Fsp3) is 0.727. The van der Waals surface area contributed by atoms with Crippen molar-refractivity contribution in [2.75, 3.05) is 0 Å². The molecule has 0 bridgehead atoms. The number of carbonyl (C=O) groups excluding carboxylic acids is 2. The van der Waals surface area contributed by atoms with E-state index >= 15 is 0 Å². The summed E-state index contributed by atoms with van der Waals surface area (Å²) in [5.41, 5.74) is 0. The van der Waals surface area contributed by atoms with Gasteiger partial charge in [-0.2, -0.15) is 0 Å². The van der Waals surface area contributed by atoms with Gasteiger partial charge in [-0.05, 0) is 12.8 Å². The molecule has 0 aromatic carbocycles. The van der Waals surface area contributed by atoms with Crippen molar-refractivity contribution >= 4 is 17.9 Å². The zero-order valence-corrected chi connectivity index (χ0v) is 9.52. The standard InChI is InChI=1S/C11H16N2O4/c14-9(15)6-8-10(16)13(11(17)12-8)7-4-2-1-3-5-7/h7-8H,1-6H2,(H,12,17)(H,14,15)/t8-/m1/s1. The summed E-state index contributed by atoms with van der Waals surface area (Å²) in [6.07, 6.45) is 4.50. The Morgan fingerprint density at radius 3 is 2.53 bits per heavy atom. The normalized spacial score (nSPS) is 26.1. The van der Waals surface area contributed by atoms with E-state index in [1.54, 1.807) is 0 Å². The van der Waals surface area contributed by atoms with Gasteiger partial charge < -0.3 is 10.4 Å². The number of rotatable bonds is 3. The number of carbonyl (C=O) groups is 3. The predicted molar refractivity (Wildman–Crippen MR) is 58.3 cm³/mol. The lowest BCUT2D eigenvalue weighted by Crippen LogP contribution is -2.42. The van der Waals surface area contributed by atoms with Crippen molar-refractivity contribution in [3.8, 4) is 0 Å². The minimum absolute atomic E-state index is 0.0463. The maximum atomic E-state index is 11.9. The number of nitrogens with zero attached hydrogens (tertiary/aromatic N) is 1. The maximum absolute atomic E-state index is 11.9. The molecule has 94 valence electrons. The molecular weight excluding hydrogens is 224 g/mol. The second kappa shape index (κ2) is 4.73. The summed E-state index contributed by atoms with van der Waals surface area (Å²) < 4.78 is 0. The summed E-state index contributed by atoms with van der Waals surface area (Å²) in [6.45, 7) is 0. The average molecular weight is 240 g/mol. The first-order valence-electron chi connectivity index (χ1n) is 5.95. The van der Waals surface area contributed by atoms with Crippen LogP contribution in [-0.4, -0.2) is 40.0 Å². The van der Waals surface area contributed by atoms with Crippen molar-refractivity contribution in [2.24, 2.45) is 0 Å². The van der Waals surface area contributed by atoms with E-state index in [9.17, 15) is 14.4 Å². The van der Waals surface area contributed by atoms with E-state index in [2.05, 4.69) is 5.32 Å². The van der Waals surface area contributed by atoms with Crippen LogP contribution in [0.5, 0.6) is 0 Å². The Balaban J connectivity index is 2.05. The molecule has 1 saturated heterocycles. The van der Waals surface area contributed by atoms with Gasteiger partial charge in [-0.25, -0.2) is 4.79 Å². The van der Waals surface area contributed by atoms with Gasteiger partial charge in [-0.1, -0.05) is 19.3 Å². The summed E-state index contributed by atoms with van der Waals surface area (Å²) in [7, 11) is 0. The van der Waals surface area contributed by atoms with Crippen molar-refractivity contribution in [1.29, 1.82) is 0 Å². The number of aliphatic carboxylic acids is 1. The highest BCUT2D eigenvalue weighted by atomic mass is 16.4. The quantitative estimate of drug-likeness (QED) is 0.711. The summed E-state index contributed by atoms with van der Waals surface area (Å²) in [4.78, 5) is 35.4. The number of hydrogen-bond donors (Lipinski definition) is 2. The van der Waals surface area contributed by atoms with E-state index in [4.69, 9.17) is 5.11 Å². The van der Waals surface area contributed by atoms with Crippen LogP contribution in [0.15, 0.2) is 0 Å². The van der Waals surface area contributed by atoms with Crippen molar-refractivity contribution in [3.05, 3.63) is 0 Å².